The van der Waals surface area contributed by atoms with Crippen molar-refractivity contribution in [3.8, 4) is 0 Å². The van der Waals surface area contributed by atoms with Crippen LogP contribution in [-0.4, -0.2) is 29.4 Å². The number of Topliss-reactive ketones (excluding diaryl/α,β-unsaturated/α-hetero) is 1. The number of carbonyl (C=O) groups excluding carboxylic acids is 1. The van der Waals surface area contributed by atoms with E-state index >= 15 is 0 Å². The molecular weight excluding hydrogens is 330 g/mol. The van der Waals surface area contributed by atoms with Gasteiger partial charge >= 0.3 is 0 Å². The minimum atomic E-state index is 0.101. The molecule has 0 bridgehead atoms. The van der Waals surface area contributed by atoms with Crippen LogP contribution >= 0.6 is 0 Å². The maximum Gasteiger partial charge on any atom is 0.194 e. The van der Waals surface area contributed by atoms with Gasteiger partial charge in [-0.2, -0.15) is 0 Å². The second kappa shape index (κ2) is 8.84. The molecule has 2 aromatic carbocycles. The average molecular weight is 365 g/mol. The number of piperidine rings is 1. The van der Waals surface area contributed by atoms with Gasteiger partial charge in [0.25, 0.3) is 0 Å². The minimum absolute atomic E-state index is 0.101. The normalized spacial score (nSPS) is 17.4. The van der Waals surface area contributed by atoms with Crippen LogP contribution in [0.25, 0.3) is 0 Å². The Morgan fingerprint density at radius 3 is 2.15 bits per heavy atom. The lowest BCUT2D eigenvalue weighted by atomic mass is 9.91. The molecule has 1 fully saturated rings. The molecule has 3 rings (SSSR count). The number of likely N-dealkylation sites (tertiary alicyclic amines) is 1. The van der Waals surface area contributed by atoms with Crippen molar-refractivity contribution in [1.82, 2.24) is 0 Å². The summed E-state index contributed by atoms with van der Waals surface area (Å²) >= 11 is 0. The minimum Gasteiger partial charge on any atom is -0.311 e. The number of ketones is 1. The number of nitrogens with zero attached hydrogens (tertiary/aromatic N) is 1. The molecular formula is C25H34NO+. The van der Waals surface area contributed by atoms with Gasteiger partial charge in [-0.1, -0.05) is 55.5 Å². The Morgan fingerprint density at radius 2 is 1.56 bits per heavy atom. The SMILES string of the molecule is CCC(C(=O)Cc1c(C)cccc1C)[N+]1(Cc2ccccc2)CCCCC1. The van der Waals surface area contributed by atoms with Gasteiger partial charge in [-0.25, -0.2) is 0 Å². The Balaban J connectivity index is 1.88. The Morgan fingerprint density at radius 1 is 0.926 bits per heavy atom. The maximum atomic E-state index is 13.5. The summed E-state index contributed by atoms with van der Waals surface area (Å²) < 4.78 is 0.949. The Hall–Kier alpha value is -1.93. The quantitative estimate of drug-likeness (QED) is 0.602. The van der Waals surface area contributed by atoms with E-state index in [4.69, 9.17) is 0 Å². The fourth-order valence-electron chi connectivity index (χ4n) is 5.01. The standard InChI is InChI=1S/C25H34NO/c1-4-24(25(27)18-23-20(2)12-11-13-21(23)3)26(16-9-6-10-17-26)19-22-14-7-5-8-15-22/h5,7-8,11-15,24H,4,6,9-10,16-19H2,1-3H3/q+1. The number of aryl methyl sites for hydroxylation is 2. The van der Waals surface area contributed by atoms with Crippen molar-refractivity contribution in [2.75, 3.05) is 13.1 Å². The molecule has 0 N–H and O–H groups in total. The molecule has 2 nitrogen and oxygen atoms in total. The summed E-state index contributed by atoms with van der Waals surface area (Å²) in [7, 11) is 0. The van der Waals surface area contributed by atoms with Gasteiger partial charge in [0.15, 0.2) is 5.78 Å². The van der Waals surface area contributed by atoms with E-state index in [9.17, 15) is 4.79 Å². The van der Waals surface area contributed by atoms with Crippen LogP contribution in [-0.2, 0) is 17.8 Å². The summed E-state index contributed by atoms with van der Waals surface area (Å²) in [5.41, 5.74) is 5.08. The van der Waals surface area contributed by atoms with Crippen molar-refractivity contribution < 1.29 is 9.28 Å². The van der Waals surface area contributed by atoms with Crippen molar-refractivity contribution in [1.29, 1.82) is 0 Å². The van der Waals surface area contributed by atoms with Crippen molar-refractivity contribution >= 4 is 5.78 Å². The maximum absolute atomic E-state index is 13.5. The number of hydrogen-bond acceptors (Lipinski definition) is 1. The van der Waals surface area contributed by atoms with Gasteiger partial charge in [0.05, 0.1) is 13.1 Å². The van der Waals surface area contributed by atoms with Crippen LogP contribution in [0.2, 0.25) is 0 Å². The highest BCUT2D eigenvalue weighted by Crippen LogP contribution is 2.30. The molecule has 1 unspecified atom stereocenters. The molecule has 0 saturated carbocycles. The molecule has 2 aromatic rings. The zero-order chi connectivity index (χ0) is 19.3. The van der Waals surface area contributed by atoms with Crippen LogP contribution in [0.3, 0.4) is 0 Å². The summed E-state index contributed by atoms with van der Waals surface area (Å²) in [4.78, 5) is 13.5. The van der Waals surface area contributed by atoms with Crippen LogP contribution in [0, 0.1) is 13.8 Å². The first kappa shape index (κ1) is 19.8. The first-order chi connectivity index (χ1) is 13.1. The second-order valence-electron chi connectivity index (χ2n) is 8.31. The lowest BCUT2D eigenvalue weighted by molar-refractivity contribution is -0.959. The fourth-order valence-corrected chi connectivity index (χ4v) is 5.01. The lowest BCUT2D eigenvalue weighted by Gasteiger charge is -2.46. The van der Waals surface area contributed by atoms with Gasteiger partial charge in [-0.05, 0) is 49.8 Å². The van der Waals surface area contributed by atoms with E-state index in [-0.39, 0.29) is 6.04 Å². The zero-order valence-corrected chi connectivity index (χ0v) is 17.2. The van der Waals surface area contributed by atoms with Gasteiger partial charge in [0.2, 0.25) is 0 Å². The van der Waals surface area contributed by atoms with Gasteiger partial charge < -0.3 is 4.48 Å². The van der Waals surface area contributed by atoms with Crippen molar-refractivity contribution in [2.45, 2.75) is 65.5 Å². The number of rotatable bonds is 7. The molecule has 144 valence electrons. The second-order valence-corrected chi connectivity index (χ2v) is 8.31. The third kappa shape index (κ3) is 4.50. The Labute approximate surface area is 164 Å². The molecule has 1 atom stereocenters. The van der Waals surface area contributed by atoms with E-state index in [1.165, 1.54) is 41.5 Å². The summed E-state index contributed by atoms with van der Waals surface area (Å²) in [5.74, 6) is 0.424. The van der Waals surface area contributed by atoms with E-state index in [2.05, 4.69) is 69.3 Å². The molecule has 1 aliphatic heterocycles. The third-order valence-corrected chi connectivity index (χ3v) is 6.46. The highest BCUT2D eigenvalue weighted by molar-refractivity contribution is 5.85. The Bertz CT molecular complexity index is 739. The molecule has 0 radical (unpaired) electrons. The van der Waals surface area contributed by atoms with Crippen LogP contribution in [0.1, 0.15) is 54.9 Å². The number of hydrogen-bond donors (Lipinski definition) is 0. The summed E-state index contributed by atoms with van der Waals surface area (Å²) in [5, 5.41) is 0. The first-order valence-electron chi connectivity index (χ1n) is 10.5. The largest absolute Gasteiger partial charge is 0.311 e. The van der Waals surface area contributed by atoms with E-state index in [0.717, 1.165) is 30.5 Å². The molecule has 1 aliphatic rings. The molecule has 0 amide bonds. The molecule has 1 saturated heterocycles. The lowest BCUT2D eigenvalue weighted by Crippen LogP contribution is -2.60. The van der Waals surface area contributed by atoms with Crippen LogP contribution in [0.4, 0.5) is 0 Å². The topological polar surface area (TPSA) is 17.1 Å². The molecule has 0 spiro atoms. The summed E-state index contributed by atoms with van der Waals surface area (Å²) in [6.07, 6.45) is 5.28. The summed E-state index contributed by atoms with van der Waals surface area (Å²) in [6.45, 7) is 9.71. The predicted molar refractivity (Wildman–Crippen MR) is 113 cm³/mol. The average Bonchev–Trinajstić information content (AvgIpc) is 2.67. The molecule has 0 aliphatic carbocycles. The van der Waals surface area contributed by atoms with Crippen LogP contribution in [0.15, 0.2) is 48.5 Å². The first-order valence-corrected chi connectivity index (χ1v) is 10.5. The van der Waals surface area contributed by atoms with E-state index < -0.39 is 0 Å². The predicted octanol–water partition coefficient (Wildman–Crippen LogP) is 5.39. The van der Waals surface area contributed by atoms with Gasteiger partial charge in [-0.3, -0.25) is 4.79 Å². The number of benzene rings is 2. The highest BCUT2D eigenvalue weighted by atomic mass is 16.1. The van der Waals surface area contributed by atoms with Crippen molar-refractivity contribution in [3.63, 3.8) is 0 Å². The van der Waals surface area contributed by atoms with Crippen LogP contribution < -0.4 is 0 Å². The van der Waals surface area contributed by atoms with Crippen molar-refractivity contribution in [3.05, 3.63) is 70.8 Å². The fraction of sp³-hybridized carbons (Fsp3) is 0.480. The van der Waals surface area contributed by atoms with Gasteiger partial charge in [-0.15, -0.1) is 0 Å². The van der Waals surface area contributed by atoms with E-state index in [1.54, 1.807) is 0 Å². The van der Waals surface area contributed by atoms with E-state index in [0.29, 0.717) is 12.2 Å². The molecule has 0 aromatic heterocycles. The van der Waals surface area contributed by atoms with Crippen LogP contribution in [0.5, 0.6) is 0 Å². The molecule has 2 heteroatoms. The zero-order valence-electron chi connectivity index (χ0n) is 17.2. The summed E-state index contributed by atoms with van der Waals surface area (Å²) in [6, 6.07) is 17.2. The number of carbonyl (C=O) groups is 1. The monoisotopic (exact) mass is 364 g/mol. The molecule has 1 heterocycles. The molecule has 27 heavy (non-hydrogen) atoms. The van der Waals surface area contributed by atoms with Crippen molar-refractivity contribution in [2.24, 2.45) is 0 Å². The van der Waals surface area contributed by atoms with Gasteiger partial charge in [0, 0.05) is 18.4 Å². The van der Waals surface area contributed by atoms with Gasteiger partial charge in [0.1, 0.15) is 12.6 Å². The van der Waals surface area contributed by atoms with E-state index in [1.807, 2.05) is 0 Å². The smallest absolute Gasteiger partial charge is 0.194 e. The third-order valence-electron chi connectivity index (χ3n) is 6.46. The highest BCUT2D eigenvalue weighted by Gasteiger charge is 2.41. The Kier molecular flexibility index (Phi) is 6.49. The number of quaternary nitrogens is 1.